The van der Waals surface area contributed by atoms with Gasteiger partial charge in [0.25, 0.3) is 11.8 Å². The molecule has 0 radical (unpaired) electrons. The number of para-hydroxylation sites is 1. The molecule has 1 atom stereocenters. The number of piperazine rings is 1. The lowest BCUT2D eigenvalue weighted by atomic mass is 10.1. The minimum absolute atomic E-state index is 0.117. The minimum Gasteiger partial charge on any atom is -0.459 e. The molecule has 0 aliphatic carbocycles. The number of anilines is 1. The average Bonchev–Trinajstić information content (AvgIpc) is 3.22. The van der Waals surface area contributed by atoms with Gasteiger partial charge in [0.2, 0.25) is 0 Å². The van der Waals surface area contributed by atoms with E-state index in [2.05, 4.69) is 11.4 Å². The molecule has 0 unspecified atom stereocenters. The van der Waals surface area contributed by atoms with Gasteiger partial charge in [0.05, 0.1) is 43.7 Å². The highest BCUT2D eigenvalue weighted by atomic mass is 16.3. The number of quaternary nitrogens is 1. The molecule has 2 N–H and O–H groups in total. The van der Waals surface area contributed by atoms with Crippen molar-refractivity contribution < 1.29 is 18.9 Å². The summed E-state index contributed by atoms with van der Waals surface area (Å²) in [5, 5.41) is 12.0. The molecule has 0 saturated carbocycles. The maximum absolute atomic E-state index is 12.5. The first-order valence-corrected chi connectivity index (χ1v) is 8.57. The van der Waals surface area contributed by atoms with Gasteiger partial charge in [-0.15, -0.1) is 0 Å². The van der Waals surface area contributed by atoms with Crippen LogP contribution in [0.1, 0.15) is 23.0 Å². The maximum Gasteiger partial charge on any atom is 0.289 e. The van der Waals surface area contributed by atoms with Gasteiger partial charge in [0.1, 0.15) is 6.07 Å². The van der Waals surface area contributed by atoms with Crippen LogP contribution in [-0.2, 0) is 4.79 Å². The van der Waals surface area contributed by atoms with Crippen molar-refractivity contribution >= 4 is 17.5 Å². The molecule has 26 heavy (non-hydrogen) atoms. The zero-order valence-corrected chi connectivity index (χ0v) is 14.6. The summed E-state index contributed by atoms with van der Waals surface area (Å²) in [6.07, 6.45) is 1.49. The quantitative estimate of drug-likeness (QED) is 0.838. The standard InChI is InChI=1S/C19H20N4O3/c1-14(18(24)21-16-6-3-2-5-15(16)13-20)22-8-10-23(11-9-22)19(25)17-7-4-12-26-17/h2-7,12,14H,8-11H2,1H3,(H,21,24)/p+1/t14-/m0/s1. The first-order valence-electron chi connectivity index (χ1n) is 8.57. The van der Waals surface area contributed by atoms with Crippen LogP contribution in [0, 0.1) is 11.3 Å². The van der Waals surface area contributed by atoms with Crippen molar-refractivity contribution in [3.05, 3.63) is 54.0 Å². The molecule has 7 heteroatoms. The zero-order chi connectivity index (χ0) is 18.5. The van der Waals surface area contributed by atoms with Crippen molar-refractivity contribution in [3.63, 3.8) is 0 Å². The Morgan fingerprint density at radius 3 is 2.62 bits per heavy atom. The summed E-state index contributed by atoms with van der Waals surface area (Å²) in [5.41, 5.74) is 0.967. The van der Waals surface area contributed by atoms with Gasteiger partial charge in [-0.2, -0.15) is 5.26 Å². The summed E-state index contributed by atoms with van der Waals surface area (Å²) in [6.45, 7) is 4.37. The van der Waals surface area contributed by atoms with Gasteiger partial charge >= 0.3 is 0 Å². The van der Waals surface area contributed by atoms with E-state index in [9.17, 15) is 9.59 Å². The van der Waals surface area contributed by atoms with Gasteiger partial charge in [0, 0.05) is 0 Å². The Morgan fingerprint density at radius 1 is 1.23 bits per heavy atom. The van der Waals surface area contributed by atoms with E-state index in [0.29, 0.717) is 43.2 Å². The van der Waals surface area contributed by atoms with Crippen molar-refractivity contribution in [1.82, 2.24) is 4.90 Å². The fourth-order valence-corrected chi connectivity index (χ4v) is 3.10. The average molecular weight is 353 g/mol. The van der Waals surface area contributed by atoms with Crippen molar-refractivity contribution in [2.24, 2.45) is 0 Å². The third-order valence-electron chi connectivity index (χ3n) is 4.74. The maximum atomic E-state index is 12.5. The third kappa shape index (κ3) is 3.76. The second kappa shape index (κ2) is 7.85. The van der Waals surface area contributed by atoms with E-state index in [-0.39, 0.29) is 17.9 Å². The summed E-state index contributed by atoms with van der Waals surface area (Å²) < 4.78 is 5.16. The largest absolute Gasteiger partial charge is 0.459 e. The second-order valence-electron chi connectivity index (χ2n) is 6.30. The molecule has 1 aliphatic heterocycles. The number of furan rings is 1. The van der Waals surface area contributed by atoms with E-state index in [1.165, 1.54) is 6.26 Å². The topological polar surface area (TPSA) is 90.8 Å². The summed E-state index contributed by atoms with van der Waals surface area (Å²) in [6, 6.07) is 12.1. The zero-order valence-electron chi connectivity index (χ0n) is 14.6. The lowest BCUT2D eigenvalue weighted by molar-refractivity contribution is -0.917. The number of nitrogens with zero attached hydrogens (tertiary/aromatic N) is 2. The molecule has 1 saturated heterocycles. The van der Waals surface area contributed by atoms with Crippen LogP contribution in [0.3, 0.4) is 0 Å². The monoisotopic (exact) mass is 353 g/mol. The highest BCUT2D eigenvalue weighted by Gasteiger charge is 2.31. The Balaban J connectivity index is 1.56. The van der Waals surface area contributed by atoms with E-state index >= 15 is 0 Å². The Kier molecular flexibility index (Phi) is 5.34. The molecule has 1 aromatic carbocycles. The van der Waals surface area contributed by atoms with Crippen LogP contribution in [0.4, 0.5) is 5.69 Å². The Morgan fingerprint density at radius 2 is 1.96 bits per heavy atom. The SMILES string of the molecule is C[C@@H](C(=O)Nc1ccccc1C#N)[NH+]1CCN(C(=O)c2ccco2)CC1. The number of rotatable bonds is 4. The minimum atomic E-state index is -0.275. The first kappa shape index (κ1) is 17.7. The number of hydrogen-bond donors (Lipinski definition) is 2. The number of carbonyl (C=O) groups is 2. The highest BCUT2D eigenvalue weighted by Crippen LogP contribution is 2.13. The highest BCUT2D eigenvalue weighted by molar-refractivity contribution is 5.95. The van der Waals surface area contributed by atoms with Gasteiger partial charge < -0.3 is 19.5 Å². The molecule has 7 nitrogen and oxygen atoms in total. The van der Waals surface area contributed by atoms with E-state index in [4.69, 9.17) is 9.68 Å². The Labute approximate surface area is 151 Å². The Hall–Kier alpha value is -3.11. The number of benzene rings is 1. The molecule has 2 amide bonds. The van der Waals surface area contributed by atoms with Gasteiger partial charge in [-0.1, -0.05) is 12.1 Å². The van der Waals surface area contributed by atoms with Crippen LogP contribution in [-0.4, -0.2) is 48.9 Å². The number of carbonyl (C=O) groups excluding carboxylic acids is 2. The molecule has 1 aliphatic rings. The number of amides is 2. The summed E-state index contributed by atoms with van der Waals surface area (Å²) in [7, 11) is 0. The fraction of sp³-hybridized carbons (Fsp3) is 0.316. The molecule has 1 aromatic heterocycles. The molecule has 3 rings (SSSR count). The fourth-order valence-electron chi connectivity index (χ4n) is 3.10. The molecule has 0 bridgehead atoms. The van der Waals surface area contributed by atoms with E-state index in [1.807, 2.05) is 6.92 Å². The van der Waals surface area contributed by atoms with E-state index in [0.717, 1.165) is 4.90 Å². The van der Waals surface area contributed by atoms with Crippen molar-refractivity contribution in [2.75, 3.05) is 31.5 Å². The van der Waals surface area contributed by atoms with Crippen molar-refractivity contribution in [1.29, 1.82) is 5.26 Å². The summed E-state index contributed by atoms with van der Waals surface area (Å²) in [4.78, 5) is 27.7. The van der Waals surface area contributed by atoms with Crippen LogP contribution < -0.4 is 10.2 Å². The van der Waals surface area contributed by atoms with Crippen LogP contribution in [0.5, 0.6) is 0 Å². The molecule has 2 heterocycles. The van der Waals surface area contributed by atoms with Crippen LogP contribution in [0.15, 0.2) is 47.1 Å². The number of nitrogens with one attached hydrogen (secondary N) is 2. The van der Waals surface area contributed by atoms with E-state index in [1.54, 1.807) is 41.3 Å². The van der Waals surface area contributed by atoms with E-state index < -0.39 is 0 Å². The molecular formula is C19H21N4O3+. The molecular weight excluding hydrogens is 332 g/mol. The third-order valence-corrected chi connectivity index (χ3v) is 4.74. The molecule has 0 spiro atoms. The van der Waals surface area contributed by atoms with Crippen LogP contribution in [0.25, 0.3) is 0 Å². The normalized spacial score (nSPS) is 15.9. The number of hydrogen-bond acceptors (Lipinski definition) is 4. The van der Waals surface area contributed by atoms with Crippen molar-refractivity contribution in [3.8, 4) is 6.07 Å². The van der Waals surface area contributed by atoms with Crippen LogP contribution in [0.2, 0.25) is 0 Å². The van der Waals surface area contributed by atoms with Crippen LogP contribution >= 0.6 is 0 Å². The van der Waals surface area contributed by atoms with Gasteiger partial charge in [-0.05, 0) is 31.2 Å². The summed E-state index contributed by atoms with van der Waals surface area (Å²) in [5.74, 6) is 0.0926. The molecule has 2 aromatic rings. The lowest BCUT2D eigenvalue weighted by Gasteiger charge is -2.34. The van der Waals surface area contributed by atoms with Gasteiger partial charge in [0.15, 0.2) is 11.8 Å². The predicted octanol–water partition coefficient (Wildman–Crippen LogP) is 0.519. The van der Waals surface area contributed by atoms with Gasteiger partial charge in [-0.3, -0.25) is 9.59 Å². The number of nitriles is 1. The van der Waals surface area contributed by atoms with Crippen molar-refractivity contribution in [2.45, 2.75) is 13.0 Å². The lowest BCUT2D eigenvalue weighted by Crippen LogP contribution is -3.19. The second-order valence-corrected chi connectivity index (χ2v) is 6.30. The Bertz CT molecular complexity index is 818. The first-order chi connectivity index (χ1) is 12.6. The summed E-state index contributed by atoms with van der Waals surface area (Å²) >= 11 is 0. The predicted molar refractivity (Wildman–Crippen MR) is 94.6 cm³/mol. The molecule has 1 fully saturated rings. The smallest absolute Gasteiger partial charge is 0.289 e. The van der Waals surface area contributed by atoms with Gasteiger partial charge in [-0.25, -0.2) is 0 Å². The molecule has 134 valence electrons.